The van der Waals surface area contributed by atoms with E-state index in [0.717, 1.165) is 41.8 Å². The largest absolute Gasteiger partial charge is 0.374 e. The van der Waals surface area contributed by atoms with Gasteiger partial charge in [-0.1, -0.05) is 22.0 Å². The Morgan fingerprint density at radius 2 is 2.35 bits per heavy atom. The van der Waals surface area contributed by atoms with Crippen molar-refractivity contribution < 1.29 is 9.13 Å². The molecule has 110 valence electrons. The van der Waals surface area contributed by atoms with Crippen LogP contribution in [0.25, 0.3) is 0 Å². The van der Waals surface area contributed by atoms with E-state index < -0.39 is 0 Å². The van der Waals surface area contributed by atoms with E-state index in [1.807, 2.05) is 17.8 Å². The van der Waals surface area contributed by atoms with Crippen molar-refractivity contribution in [2.24, 2.45) is 11.7 Å². The Morgan fingerprint density at radius 3 is 3.05 bits per heavy atom. The van der Waals surface area contributed by atoms with Crippen molar-refractivity contribution in [3.8, 4) is 0 Å². The van der Waals surface area contributed by atoms with Crippen molar-refractivity contribution in [1.82, 2.24) is 0 Å². The second-order valence-corrected chi connectivity index (χ2v) is 7.80. The van der Waals surface area contributed by atoms with Gasteiger partial charge in [0, 0.05) is 28.4 Å². The molecule has 2 aliphatic rings. The molecule has 2 fully saturated rings. The second kappa shape index (κ2) is 5.95. The maximum Gasteiger partial charge on any atom is 0.129 e. The van der Waals surface area contributed by atoms with Crippen molar-refractivity contribution in [1.29, 1.82) is 0 Å². The van der Waals surface area contributed by atoms with Crippen LogP contribution in [0.1, 0.15) is 30.9 Å². The summed E-state index contributed by atoms with van der Waals surface area (Å²) in [4.78, 5) is 0. The lowest BCUT2D eigenvalue weighted by Crippen LogP contribution is -2.42. The first kappa shape index (κ1) is 14.8. The van der Waals surface area contributed by atoms with Gasteiger partial charge in [0.2, 0.25) is 0 Å². The summed E-state index contributed by atoms with van der Waals surface area (Å²) in [6.45, 7) is 0.747. The third kappa shape index (κ3) is 2.91. The minimum atomic E-state index is -0.241. The van der Waals surface area contributed by atoms with Crippen LogP contribution in [0.2, 0.25) is 0 Å². The molecule has 0 saturated carbocycles. The number of nitrogens with two attached hydrogens (primary N) is 1. The zero-order chi connectivity index (χ0) is 14.2. The third-order valence-corrected chi connectivity index (χ3v) is 6.14. The number of halogens is 2. The van der Waals surface area contributed by atoms with Gasteiger partial charge in [0.05, 0.1) is 5.60 Å². The monoisotopic (exact) mass is 359 g/mol. The molecule has 0 radical (unpaired) electrons. The van der Waals surface area contributed by atoms with Crippen LogP contribution in [-0.2, 0) is 4.74 Å². The van der Waals surface area contributed by atoms with Crippen molar-refractivity contribution in [2.45, 2.75) is 30.9 Å². The Balaban J connectivity index is 1.77. The molecular formula is C15H19BrFNOS. The van der Waals surface area contributed by atoms with Crippen LogP contribution in [0.5, 0.6) is 0 Å². The highest BCUT2D eigenvalue weighted by molar-refractivity contribution is 9.10. The highest BCUT2D eigenvalue weighted by atomic mass is 79.9. The van der Waals surface area contributed by atoms with Crippen LogP contribution >= 0.6 is 27.7 Å². The van der Waals surface area contributed by atoms with Gasteiger partial charge in [-0.3, -0.25) is 0 Å². The first-order valence-corrected chi connectivity index (χ1v) is 8.97. The second-order valence-electron chi connectivity index (χ2n) is 5.78. The number of hydrogen-bond donors (Lipinski definition) is 1. The maximum atomic E-state index is 14.1. The third-order valence-electron chi connectivity index (χ3n) is 4.43. The van der Waals surface area contributed by atoms with Crippen LogP contribution < -0.4 is 5.73 Å². The van der Waals surface area contributed by atoms with Crippen molar-refractivity contribution in [2.75, 3.05) is 18.1 Å². The average molecular weight is 360 g/mol. The Morgan fingerprint density at radius 1 is 1.50 bits per heavy atom. The fourth-order valence-electron chi connectivity index (χ4n) is 3.26. The van der Waals surface area contributed by atoms with Gasteiger partial charge in [0.1, 0.15) is 5.82 Å². The molecule has 1 aromatic carbocycles. The van der Waals surface area contributed by atoms with Crippen molar-refractivity contribution in [3.63, 3.8) is 0 Å². The zero-order valence-electron chi connectivity index (χ0n) is 11.3. The Hall–Kier alpha value is -0.100. The summed E-state index contributed by atoms with van der Waals surface area (Å²) in [6.07, 6.45) is 2.98. The van der Waals surface area contributed by atoms with E-state index in [0.29, 0.717) is 11.5 Å². The molecule has 0 bridgehead atoms. The summed E-state index contributed by atoms with van der Waals surface area (Å²) < 4.78 is 20.8. The molecule has 1 aromatic rings. The van der Waals surface area contributed by atoms with Crippen LogP contribution in [0.3, 0.4) is 0 Å². The molecule has 3 rings (SSSR count). The summed E-state index contributed by atoms with van der Waals surface area (Å²) in [5.74, 6) is 2.31. The van der Waals surface area contributed by atoms with E-state index in [2.05, 4.69) is 15.9 Å². The Labute approximate surface area is 131 Å². The smallest absolute Gasteiger partial charge is 0.129 e. The number of rotatable bonds is 2. The lowest BCUT2D eigenvalue weighted by atomic mass is 9.79. The summed E-state index contributed by atoms with van der Waals surface area (Å²) >= 11 is 5.23. The predicted molar refractivity (Wildman–Crippen MR) is 84.4 cm³/mol. The van der Waals surface area contributed by atoms with Crippen LogP contribution in [0.4, 0.5) is 4.39 Å². The van der Waals surface area contributed by atoms with Crippen molar-refractivity contribution >= 4 is 27.7 Å². The Kier molecular flexibility index (Phi) is 4.41. The highest BCUT2D eigenvalue weighted by Crippen LogP contribution is 2.43. The normalized spacial score (nSPS) is 31.6. The Bertz CT molecular complexity index is 493. The number of benzene rings is 1. The fourth-order valence-corrected chi connectivity index (χ4v) is 4.97. The quantitative estimate of drug-likeness (QED) is 0.869. The molecule has 2 N–H and O–H groups in total. The van der Waals surface area contributed by atoms with Gasteiger partial charge in [-0.05, 0) is 43.1 Å². The number of hydrogen-bond acceptors (Lipinski definition) is 3. The molecule has 2 aliphatic heterocycles. The van der Waals surface area contributed by atoms with Gasteiger partial charge in [-0.15, -0.1) is 0 Å². The SMILES string of the molecule is NC(c1ccc(Br)cc1F)C1CCOC2(CCSC2)C1. The molecule has 1 spiro atoms. The van der Waals surface area contributed by atoms with Crippen LogP contribution in [0, 0.1) is 11.7 Å². The van der Waals surface area contributed by atoms with Gasteiger partial charge < -0.3 is 10.5 Å². The van der Waals surface area contributed by atoms with E-state index in [1.165, 1.54) is 6.07 Å². The standard InChI is InChI=1S/C15H19BrFNOS/c16-11-1-2-12(13(17)7-11)14(18)10-3-5-19-15(8-10)4-6-20-9-15/h1-2,7,10,14H,3-6,8-9,18H2. The lowest BCUT2D eigenvalue weighted by molar-refractivity contribution is -0.0835. The molecule has 5 heteroatoms. The molecule has 2 heterocycles. The number of thioether (sulfide) groups is 1. The van der Waals surface area contributed by atoms with Crippen molar-refractivity contribution in [3.05, 3.63) is 34.1 Å². The first-order valence-electron chi connectivity index (χ1n) is 7.02. The fraction of sp³-hybridized carbons (Fsp3) is 0.600. The molecule has 2 nitrogen and oxygen atoms in total. The topological polar surface area (TPSA) is 35.2 Å². The van der Waals surface area contributed by atoms with Crippen LogP contribution in [-0.4, -0.2) is 23.7 Å². The molecule has 0 aliphatic carbocycles. The molecule has 0 aromatic heterocycles. The first-order chi connectivity index (χ1) is 9.60. The molecule has 20 heavy (non-hydrogen) atoms. The van der Waals surface area contributed by atoms with Gasteiger partial charge in [0.25, 0.3) is 0 Å². The van der Waals surface area contributed by atoms with Gasteiger partial charge in [-0.2, -0.15) is 11.8 Å². The molecule has 3 unspecified atom stereocenters. The minimum absolute atomic E-state index is 0.00293. The van der Waals surface area contributed by atoms with Crippen LogP contribution in [0.15, 0.2) is 22.7 Å². The summed E-state index contributed by atoms with van der Waals surface area (Å²) in [6, 6.07) is 4.92. The molecule has 2 saturated heterocycles. The maximum absolute atomic E-state index is 14.1. The molecular weight excluding hydrogens is 341 g/mol. The number of ether oxygens (including phenoxy) is 1. The van der Waals surface area contributed by atoms with Gasteiger partial charge in [0.15, 0.2) is 0 Å². The van der Waals surface area contributed by atoms with E-state index in [9.17, 15) is 4.39 Å². The van der Waals surface area contributed by atoms with E-state index in [4.69, 9.17) is 10.5 Å². The zero-order valence-corrected chi connectivity index (χ0v) is 13.7. The van der Waals surface area contributed by atoms with E-state index in [1.54, 1.807) is 6.07 Å². The lowest BCUT2D eigenvalue weighted by Gasteiger charge is -2.40. The summed E-state index contributed by atoms with van der Waals surface area (Å²) in [7, 11) is 0. The van der Waals surface area contributed by atoms with Gasteiger partial charge in [-0.25, -0.2) is 4.39 Å². The molecule has 0 amide bonds. The summed E-state index contributed by atoms with van der Waals surface area (Å²) in [5.41, 5.74) is 6.98. The highest BCUT2D eigenvalue weighted by Gasteiger charge is 2.42. The minimum Gasteiger partial charge on any atom is -0.374 e. The van der Waals surface area contributed by atoms with E-state index >= 15 is 0 Å². The molecule has 3 atom stereocenters. The average Bonchev–Trinajstić information content (AvgIpc) is 2.86. The summed E-state index contributed by atoms with van der Waals surface area (Å²) in [5, 5.41) is 0. The predicted octanol–water partition coefficient (Wildman–Crippen LogP) is 3.89. The van der Waals surface area contributed by atoms with E-state index in [-0.39, 0.29) is 17.5 Å². The van der Waals surface area contributed by atoms with Gasteiger partial charge >= 0.3 is 0 Å².